The van der Waals surface area contributed by atoms with E-state index < -0.39 is 12.0 Å². The number of aromatic hydroxyl groups is 1. The molecule has 1 rings (SSSR count). The number of ether oxygens (including phenoxy) is 1. The summed E-state index contributed by atoms with van der Waals surface area (Å²) in [6.45, 7) is 0. The van der Waals surface area contributed by atoms with Gasteiger partial charge in [-0.15, -0.1) is 12.4 Å². The van der Waals surface area contributed by atoms with Crippen molar-refractivity contribution in [3.05, 3.63) is 29.8 Å². The number of nitrogens with two attached hydrogens (primary N) is 1. The molecule has 3 N–H and O–H groups in total. The normalized spacial score (nSPS) is 11.3. The third-order valence-corrected chi connectivity index (χ3v) is 1.71. The van der Waals surface area contributed by atoms with E-state index in [9.17, 15) is 4.79 Å². The van der Waals surface area contributed by atoms with Gasteiger partial charge in [-0.25, -0.2) is 0 Å². The van der Waals surface area contributed by atoms with Crippen molar-refractivity contribution in [3.8, 4) is 5.75 Å². The quantitative estimate of drug-likeness (QED) is 0.725. The number of benzene rings is 1. The van der Waals surface area contributed by atoms with Crippen molar-refractivity contribution in [2.45, 2.75) is 6.04 Å². The number of esters is 1. The van der Waals surface area contributed by atoms with Crippen molar-refractivity contribution in [1.29, 1.82) is 0 Å². The predicted octanol–water partition coefficient (Wildman–Crippen LogP) is 0.987. The van der Waals surface area contributed by atoms with Crippen LogP contribution >= 0.6 is 12.4 Å². The van der Waals surface area contributed by atoms with Crippen LogP contribution in [0, 0.1) is 0 Å². The molecule has 0 bridgehead atoms. The van der Waals surface area contributed by atoms with Crippen molar-refractivity contribution >= 4 is 18.4 Å². The molecule has 0 aliphatic carbocycles. The molecule has 4 nitrogen and oxygen atoms in total. The van der Waals surface area contributed by atoms with Crippen LogP contribution in [0.15, 0.2) is 24.3 Å². The molecule has 0 amide bonds. The molecule has 0 saturated heterocycles. The Balaban J connectivity index is 0.00000169. The van der Waals surface area contributed by atoms with Crippen LogP contribution in [-0.2, 0) is 9.53 Å². The fourth-order valence-corrected chi connectivity index (χ4v) is 0.945. The lowest BCUT2D eigenvalue weighted by molar-refractivity contribution is -0.142. The molecule has 14 heavy (non-hydrogen) atoms. The summed E-state index contributed by atoms with van der Waals surface area (Å²) in [6, 6.07) is 5.31. The fraction of sp³-hybridized carbons (Fsp3) is 0.222. The average molecular weight is 218 g/mol. The van der Waals surface area contributed by atoms with Gasteiger partial charge in [-0.1, -0.05) is 12.1 Å². The van der Waals surface area contributed by atoms with Gasteiger partial charge in [-0.05, 0) is 17.7 Å². The summed E-state index contributed by atoms with van der Waals surface area (Å²) in [5.41, 5.74) is 6.16. The van der Waals surface area contributed by atoms with Crippen molar-refractivity contribution < 1.29 is 14.6 Å². The van der Waals surface area contributed by atoms with E-state index in [0.717, 1.165) is 0 Å². The first kappa shape index (κ1) is 12.7. The van der Waals surface area contributed by atoms with Gasteiger partial charge in [0.25, 0.3) is 0 Å². The molecule has 0 radical (unpaired) electrons. The van der Waals surface area contributed by atoms with E-state index >= 15 is 0 Å². The van der Waals surface area contributed by atoms with E-state index in [1.54, 1.807) is 12.1 Å². The van der Waals surface area contributed by atoms with Gasteiger partial charge < -0.3 is 15.6 Å². The highest BCUT2D eigenvalue weighted by Gasteiger charge is 2.15. The lowest BCUT2D eigenvalue weighted by Crippen LogP contribution is -2.22. The highest BCUT2D eigenvalue weighted by atomic mass is 35.5. The summed E-state index contributed by atoms with van der Waals surface area (Å²) in [7, 11) is 1.28. The minimum absolute atomic E-state index is 0. The summed E-state index contributed by atoms with van der Waals surface area (Å²) in [4.78, 5) is 11.0. The molecule has 5 heteroatoms. The van der Waals surface area contributed by atoms with Gasteiger partial charge in [0.15, 0.2) is 0 Å². The van der Waals surface area contributed by atoms with Gasteiger partial charge in [-0.3, -0.25) is 4.79 Å². The number of methoxy groups -OCH3 is 1. The average Bonchev–Trinajstić information content (AvgIpc) is 2.17. The molecule has 0 spiro atoms. The number of halogens is 1. The van der Waals surface area contributed by atoms with E-state index in [0.29, 0.717) is 5.56 Å². The maximum absolute atomic E-state index is 11.0. The number of phenols is 1. The summed E-state index contributed by atoms with van der Waals surface area (Å²) < 4.78 is 4.47. The molecule has 0 aliphatic heterocycles. The van der Waals surface area contributed by atoms with Crippen LogP contribution < -0.4 is 5.73 Å². The van der Waals surface area contributed by atoms with Crippen LogP contribution in [0.4, 0.5) is 0 Å². The first-order chi connectivity index (χ1) is 6.15. The molecular weight excluding hydrogens is 206 g/mol. The van der Waals surface area contributed by atoms with Gasteiger partial charge in [0, 0.05) is 0 Å². The zero-order chi connectivity index (χ0) is 9.84. The van der Waals surface area contributed by atoms with Crippen LogP contribution in [-0.4, -0.2) is 18.2 Å². The lowest BCUT2D eigenvalue weighted by Gasteiger charge is -2.08. The summed E-state index contributed by atoms with van der Waals surface area (Å²) >= 11 is 0. The van der Waals surface area contributed by atoms with E-state index in [1.165, 1.54) is 19.2 Å². The number of carbonyl (C=O) groups excluding carboxylic acids is 1. The van der Waals surface area contributed by atoms with Crippen LogP contribution in [0.1, 0.15) is 11.6 Å². The molecular formula is C9H12ClNO3. The van der Waals surface area contributed by atoms with Gasteiger partial charge >= 0.3 is 5.97 Å². The maximum Gasteiger partial charge on any atom is 0.327 e. The third-order valence-electron chi connectivity index (χ3n) is 1.71. The molecule has 0 aromatic heterocycles. The minimum Gasteiger partial charge on any atom is -0.508 e. The topological polar surface area (TPSA) is 72.5 Å². The van der Waals surface area contributed by atoms with Gasteiger partial charge in [0.05, 0.1) is 7.11 Å². The molecule has 1 atom stereocenters. The van der Waals surface area contributed by atoms with Crippen LogP contribution in [0.5, 0.6) is 5.75 Å². The van der Waals surface area contributed by atoms with Gasteiger partial charge in [0.2, 0.25) is 0 Å². The Morgan fingerprint density at radius 1 is 1.43 bits per heavy atom. The number of carbonyl (C=O) groups is 1. The number of phenolic OH excluding ortho intramolecular Hbond substituents is 1. The molecule has 0 saturated carbocycles. The molecule has 1 unspecified atom stereocenters. The smallest absolute Gasteiger partial charge is 0.327 e. The SMILES string of the molecule is COC(=O)C(N)c1ccc(O)cc1.Cl. The van der Waals surface area contributed by atoms with E-state index in [-0.39, 0.29) is 18.2 Å². The largest absolute Gasteiger partial charge is 0.508 e. The third kappa shape index (κ3) is 2.90. The van der Waals surface area contributed by atoms with Crippen molar-refractivity contribution in [2.75, 3.05) is 7.11 Å². The van der Waals surface area contributed by atoms with Crippen LogP contribution in [0.2, 0.25) is 0 Å². The number of hydrogen-bond acceptors (Lipinski definition) is 4. The highest BCUT2D eigenvalue weighted by molar-refractivity contribution is 5.85. The molecule has 1 aromatic rings. The van der Waals surface area contributed by atoms with Crippen molar-refractivity contribution in [3.63, 3.8) is 0 Å². The Hall–Kier alpha value is -1.26. The Morgan fingerprint density at radius 2 is 1.93 bits per heavy atom. The molecule has 0 fully saturated rings. The Kier molecular flexibility index (Phi) is 4.97. The maximum atomic E-state index is 11.0. The van der Waals surface area contributed by atoms with E-state index in [1.807, 2.05) is 0 Å². The van der Waals surface area contributed by atoms with Gasteiger partial charge in [0.1, 0.15) is 11.8 Å². The molecule has 0 aliphatic rings. The molecule has 0 heterocycles. The van der Waals surface area contributed by atoms with Crippen molar-refractivity contribution in [1.82, 2.24) is 0 Å². The summed E-state index contributed by atoms with van der Waals surface area (Å²) in [5, 5.41) is 8.98. The second-order valence-electron chi connectivity index (χ2n) is 2.59. The zero-order valence-corrected chi connectivity index (χ0v) is 8.45. The Morgan fingerprint density at radius 3 is 2.36 bits per heavy atom. The molecule has 78 valence electrons. The number of rotatable bonds is 2. The summed E-state index contributed by atoms with van der Waals surface area (Å²) in [5.74, 6) is -0.355. The second kappa shape index (κ2) is 5.47. The predicted molar refractivity (Wildman–Crippen MR) is 54.3 cm³/mol. The fourth-order valence-electron chi connectivity index (χ4n) is 0.945. The van der Waals surface area contributed by atoms with Gasteiger partial charge in [-0.2, -0.15) is 0 Å². The highest BCUT2D eigenvalue weighted by Crippen LogP contribution is 2.15. The minimum atomic E-state index is -0.786. The lowest BCUT2D eigenvalue weighted by atomic mass is 10.1. The van der Waals surface area contributed by atoms with Crippen molar-refractivity contribution in [2.24, 2.45) is 5.73 Å². The van der Waals surface area contributed by atoms with Crippen LogP contribution in [0.25, 0.3) is 0 Å². The van der Waals surface area contributed by atoms with Crippen LogP contribution in [0.3, 0.4) is 0 Å². The summed E-state index contributed by atoms with van der Waals surface area (Å²) in [6.07, 6.45) is 0. The zero-order valence-electron chi connectivity index (χ0n) is 7.64. The van der Waals surface area contributed by atoms with E-state index in [4.69, 9.17) is 10.8 Å². The molecule has 1 aromatic carbocycles. The Labute approximate surface area is 88.1 Å². The standard InChI is InChI=1S/C9H11NO3.ClH/c1-13-9(12)8(10)6-2-4-7(11)5-3-6;/h2-5,8,11H,10H2,1H3;1H. The second-order valence-corrected chi connectivity index (χ2v) is 2.59. The van der Waals surface area contributed by atoms with E-state index in [2.05, 4.69) is 4.74 Å². The Bertz CT molecular complexity index is 299. The first-order valence-corrected chi connectivity index (χ1v) is 3.77. The monoisotopic (exact) mass is 217 g/mol. The number of hydrogen-bond donors (Lipinski definition) is 2. The first-order valence-electron chi connectivity index (χ1n) is 3.77.